The first-order chi connectivity index (χ1) is 18.6. The molecule has 0 amide bonds. The first-order valence-corrected chi connectivity index (χ1v) is 13.8. The van der Waals surface area contributed by atoms with Crippen LogP contribution in [0, 0.1) is 13.8 Å². The Hall–Kier alpha value is -4.22. The van der Waals surface area contributed by atoms with Crippen LogP contribution in [-0.2, 0) is 6.42 Å². The van der Waals surface area contributed by atoms with Crippen molar-refractivity contribution in [3.05, 3.63) is 150 Å². The first kappa shape index (κ1) is 22.9. The summed E-state index contributed by atoms with van der Waals surface area (Å²) in [7, 11) is 0. The van der Waals surface area contributed by atoms with Crippen molar-refractivity contribution in [1.29, 1.82) is 0 Å². The highest BCUT2D eigenvalue weighted by molar-refractivity contribution is 7.07. The number of hydrogen-bond acceptors (Lipinski definition) is 3. The molecule has 0 N–H and O–H groups in total. The van der Waals surface area contributed by atoms with Gasteiger partial charge in [-0.3, -0.25) is 9.36 Å². The first-order valence-electron chi connectivity index (χ1n) is 13.0. The minimum atomic E-state index is -0.144. The third kappa shape index (κ3) is 3.57. The number of hydrogen-bond donors (Lipinski definition) is 0. The molecule has 5 aromatic rings. The lowest BCUT2D eigenvalue weighted by Gasteiger charge is -2.30. The van der Waals surface area contributed by atoms with Crippen LogP contribution in [-0.4, -0.2) is 9.13 Å². The van der Waals surface area contributed by atoms with Gasteiger partial charge in [0.25, 0.3) is 5.56 Å². The summed E-state index contributed by atoms with van der Waals surface area (Å²) in [5.74, 6) is 0. The van der Waals surface area contributed by atoms with Crippen molar-refractivity contribution in [3.8, 4) is 5.69 Å². The summed E-state index contributed by atoms with van der Waals surface area (Å²) in [4.78, 5) is 19.9. The Morgan fingerprint density at radius 2 is 1.61 bits per heavy atom. The minimum Gasteiger partial charge on any atom is -0.318 e. The third-order valence-electron chi connectivity index (χ3n) is 7.76. The Balaban J connectivity index is 1.45. The molecule has 38 heavy (non-hydrogen) atoms. The lowest BCUT2D eigenvalue weighted by Crippen LogP contribution is -2.38. The third-order valence-corrected chi connectivity index (χ3v) is 8.74. The predicted octanol–water partition coefficient (Wildman–Crippen LogP) is 5.73. The van der Waals surface area contributed by atoms with Gasteiger partial charge in [0.1, 0.15) is 0 Å². The van der Waals surface area contributed by atoms with Crippen LogP contribution in [0.25, 0.3) is 17.5 Å². The van der Waals surface area contributed by atoms with E-state index in [1.54, 1.807) is 0 Å². The Kier molecular flexibility index (Phi) is 5.41. The van der Waals surface area contributed by atoms with Crippen LogP contribution in [0.3, 0.4) is 0 Å². The van der Waals surface area contributed by atoms with E-state index in [1.807, 2.05) is 22.8 Å². The smallest absolute Gasteiger partial charge is 0.271 e. The molecule has 7 rings (SSSR count). The lowest BCUT2D eigenvalue weighted by molar-refractivity contribution is 0.585. The van der Waals surface area contributed by atoms with E-state index in [-0.39, 0.29) is 11.6 Å². The molecule has 4 nitrogen and oxygen atoms in total. The highest BCUT2D eigenvalue weighted by Crippen LogP contribution is 2.41. The van der Waals surface area contributed by atoms with Crippen LogP contribution in [0.5, 0.6) is 0 Å². The zero-order chi connectivity index (χ0) is 25.8. The Labute approximate surface area is 225 Å². The lowest BCUT2D eigenvalue weighted by atomic mass is 9.83. The normalized spacial score (nSPS) is 16.6. The number of allylic oxidation sites excluding steroid dienone is 1. The van der Waals surface area contributed by atoms with Crippen molar-refractivity contribution in [2.24, 2.45) is 4.99 Å². The van der Waals surface area contributed by atoms with Crippen molar-refractivity contribution >= 4 is 23.1 Å². The van der Waals surface area contributed by atoms with Gasteiger partial charge in [-0.15, -0.1) is 0 Å². The molecule has 3 heterocycles. The van der Waals surface area contributed by atoms with Gasteiger partial charge in [-0.1, -0.05) is 84.1 Å². The Morgan fingerprint density at radius 3 is 2.39 bits per heavy atom. The summed E-state index contributed by atoms with van der Waals surface area (Å²) in [5.41, 5.74) is 10.4. The summed E-state index contributed by atoms with van der Waals surface area (Å²) < 4.78 is 4.88. The molecule has 0 bridgehead atoms. The molecule has 3 aromatic carbocycles. The van der Waals surface area contributed by atoms with Crippen LogP contribution in [0.1, 0.15) is 46.1 Å². The van der Waals surface area contributed by atoms with Crippen molar-refractivity contribution in [1.82, 2.24) is 9.13 Å². The number of para-hydroxylation sites is 1. The van der Waals surface area contributed by atoms with Crippen LogP contribution >= 0.6 is 11.3 Å². The topological polar surface area (TPSA) is 39.3 Å². The monoisotopic (exact) mass is 513 g/mol. The van der Waals surface area contributed by atoms with Crippen molar-refractivity contribution in [3.63, 3.8) is 0 Å². The van der Waals surface area contributed by atoms with Crippen LogP contribution in [0.4, 0.5) is 0 Å². The largest absolute Gasteiger partial charge is 0.318 e. The number of fused-ring (bicyclic) bond motifs is 3. The van der Waals surface area contributed by atoms with Gasteiger partial charge in [0.2, 0.25) is 0 Å². The fourth-order valence-corrected chi connectivity index (χ4v) is 7.00. The molecule has 2 aliphatic rings. The molecule has 0 spiro atoms. The number of rotatable bonds is 3. The van der Waals surface area contributed by atoms with E-state index in [1.165, 1.54) is 28.0 Å². The number of benzene rings is 3. The number of nitrogens with zero attached hydrogens (tertiary/aromatic N) is 3. The van der Waals surface area contributed by atoms with Crippen LogP contribution in [0.2, 0.25) is 0 Å². The van der Waals surface area contributed by atoms with Gasteiger partial charge in [0, 0.05) is 22.6 Å². The van der Waals surface area contributed by atoms with Crippen molar-refractivity contribution in [2.75, 3.05) is 0 Å². The van der Waals surface area contributed by atoms with E-state index in [0.29, 0.717) is 4.53 Å². The van der Waals surface area contributed by atoms with Gasteiger partial charge in [0.15, 0.2) is 4.80 Å². The summed E-state index contributed by atoms with van der Waals surface area (Å²) in [6.45, 7) is 4.23. The molecule has 1 aliphatic carbocycles. The number of thiazole rings is 1. The predicted molar refractivity (Wildman–Crippen MR) is 154 cm³/mol. The van der Waals surface area contributed by atoms with E-state index in [2.05, 4.69) is 97.3 Å². The average Bonchev–Trinajstić information content (AvgIpc) is 3.42. The summed E-state index contributed by atoms with van der Waals surface area (Å²) in [5, 5.41) is 0. The van der Waals surface area contributed by atoms with E-state index in [9.17, 15) is 4.79 Å². The van der Waals surface area contributed by atoms with Gasteiger partial charge in [0.05, 0.1) is 16.3 Å². The fraction of sp³-hybridized carbons (Fsp3) is 0.152. The van der Waals surface area contributed by atoms with E-state index >= 15 is 0 Å². The fourth-order valence-electron chi connectivity index (χ4n) is 6.01. The number of aryl methyl sites for hydroxylation is 2. The van der Waals surface area contributed by atoms with Crippen molar-refractivity contribution in [2.45, 2.75) is 32.7 Å². The number of aromatic nitrogens is 2. The molecule has 0 fully saturated rings. The quantitative estimate of drug-likeness (QED) is 0.304. The highest BCUT2D eigenvalue weighted by Gasteiger charge is 2.32. The van der Waals surface area contributed by atoms with Crippen LogP contribution in [0.15, 0.2) is 106 Å². The molecule has 0 saturated carbocycles. The SMILES string of the molecule is Cc1cc(/C=c2/sc3n(c2=O)[C@H](c2ccccc2)C2=C(N=3)c3ccccc3CC2)c(C)n1-c1ccccc1. The molecule has 0 unspecified atom stereocenters. The standard InChI is InChI=1S/C33H27N3OS/c1-21-19-25(22(2)35(21)26-14-7-4-8-15-26)20-29-32(37)36-31(24-12-5-3-6-13-24)28-18-17-23-11-9-10-16-27(23)30(28)34-33(36)38-29/h3-16,19-20,31H,17-18H2,1-2H3/b29-20+/t31-/m1/s1. The van der Waals surface area contributed by atoms with Gasteiger partial charge < -0.3 is 4.57 Å². The summed E-state index contributed by atoms with van der Waals surface area (Å²) >= 11 is 1.49. The highest BCUT2D eigenvalue weighted by atomic mass is 32.1. The maximum absolute atomic E-state index is 14.0. The minimum absolute atomic E-state index is 0.0255. The molecular weight excluding hydrogens is 486 g/mol. The van der Waals surface area contributed by atoms with E-state index < -0.39 is 0 Å². The molecule has 186 valence electrons. The van der Waals surface area contributed by atoms with Gasteiger partial charge >= 0.3 is 0 Å². The molecule has 0 saturated heterocycles. The molecule has 5 heteroatoms. The molecule has 0 radical (unpaired) electrons. The van der Waals surface area contributed by atoms with Gasteiger partial charge in [-0.05, 0) is 73.2 Å². The second-order valence-electron chi connectivity index (χ2n) is 10.0. The average molecular weight is 514 g/mol. The van der Waals surface area contributed by atoms with Crippen molar-refractivity contribution < 1.29 is 0 Å². The Bertz CT molecular complexity index is 1910. The molecule has 1 aliphatic heterocycles. The van der Waals surface area contributed by atoms with Gasteiger partial charge in [-0.2, -0.15) is 0 Å². The molecule has 1 atom stereocenters. The zero-order valence-corrected chi connectivity index (χ0v) is 22.2. The second-order valence-corrected chi connectivity index (χ2v) is 11.0. The zero-order valence-electron chi connectivity index (χ0n) is 21.4. The summed E-state index contributed by atoms with van der Waals surface area (Å²) in [6, 6.07) is 31.3. The summed E-state index contributed by atoms with van der Waals surface area (Å²) in [6.07, 6.45) is 3.91. The van der Waals surface area contributed by atoms with Gasteiger partial charge in [-0.25, -0.2) is 4.99 Å². The van der Waals surface area contributed by atoms with Crippen LogP contribution < -0.4 is 14.9 Å². The molecule has 2 aromatic heterocycles. The maximum atomic E-state index is 14.0. The Morgan fingerprint density at radius 1 is 0.895 bits per heavy atom. The molecular formula is C33H27N3OS. The van der Waals surface area contributed by atoms with E-state index in [4.69, 9.17) is 4.99 Å². The second kappa shape index (κ2) is 8.96. The van der Waals surface area contributed by atoms with E-state index in [0.717, 1.165) is 51.5 Å². The maximum Gasteiger partial charge on any atom is 0.271 e.